The fraction of sp³-hybridized carbons (Fsp3) is 0.250. The molecule has 0 saturated carbocycles. The van der Waals surface area contributed by atoms with Crippen LogP contribution in [0.3, 0.4) is 0 Å². The van der Waals surface area contributed by atoms with E-state index in [1.165, 1.54) is 18.2 Å². The van der Waals surface area contributed by atoms with Crippen molar-refractivity contribution in [3.05, 3.63) is 53.9 Å². The Hall–Kier alpha value is -1.92. The van der Waals surface area contributed by atoms with Crippen LogP contribution in [0.2, 0.25) is 0 Å². The van der Waals surface area contributed by atoms with Gasteiger partial charge in [0.25, 0.3) is 0 Å². The summed E-state index contributed by atoms with van der Waals surface area (Å²) in [5.74, 6) is -3.58. The van der Waals surface area contributed by atoms with Crippen molar-refractivity contribution < 1.29 is 22.0 Å². The van der Waals surface area contributed by atoms with Crippen LogP contribution in [0.25, 0.3) is 0 Å². The highest BCUT2D eigenvalue weighted by molar-refractivity contribution is 5.28. The molecule has 0 aliphatic heterocycles. The second-order valence-electron chi connectivity index (χ2n) is 3.85. The van der Waals surface area contributed by atoms with Crippen molar-refractivity contribution in [2.75, 3.05) is 0 Å². The molecule has 1 radical (unpaired) electrons. The molecular formula is C12H8F5N2. The fourth-order valence-electron chi connectivity index (χ4n) is 1.62. The molecule has 0 fully saturated rings. The van der Waals surface area contributed by atoms with Crippen molar-refractivity contribution in [2.45, 2.75) is 18.6 Å². The Morgan fingerprint density at radius 3 is 2.26 bits per heavy atom. The van der Waals surface area contributed by atoms with Gasteiger partial charge in [0.2, 0.25) is 0 Å². The summed E-state index contributed by atoms with van der Waals surface area (Å²) in [6, 6.07) is 8.65. The minimum atomic E-state index is -4.62. The number of nitrogens with zero attached hydrogens (tertiary/aromatic N) is 2. The Morgan fingerprint density at radius 1 is 1.05 bits per heavy atom. The topological polar surface area (TPSA) is 17.8 Å². The number of benzene rings is 1. The molecule has 0 aliphatic rings. The van der Waals surface area contributed by atoms with Crippen molar-refractivity contribution in [2.24, 2.45) is 0 Å². The Bertz CT molecular complexity index is 545. The normalized spacial score (nSPS) is 12.7. The van der Waals surface area contributed by atoms with Crippen molar-refractivity contribution in [1.29, 1.82) is 0 Å². The third-order valence-electron chi connectivity index (χ3n) is 2.42. The summed E-state index contributed by atoms with van der Waals surface area (Å²) in [5.41, 5.74) is -1.31. The third-order valence-corrected chi connectivity index (χ3v) is 2.42. The lowest BCUT2D eigenvalue weighted by atomic mass is 10.1. The van der Waals surface area contributed by atoms with Crippen LogP contribution in [0, 0.1) is 6.07 Å². The maximum Gasteiger partial charge on any atom is 0.408 e. The van der Waals surface area contributed by atoms with Gasteiger partial charge in [0.1, 0.15) is 12.2 Å². The first-order valence-electron chi connectivity index (χ1n) is 5.25. The van der Waals surface area contributed by atoms with E-state index in [-0.39, 0.29) is 4.68 Å². The standard InChI is InChI=1S/C12H8F5N2/c13-11(14,15)8-19-10(6-7-18-19)12(16,17)9-4-2-1-3-5-9/h1-5,7H,8H2. The third kappa shape index (κ3) is 2.91. The Kier molecular flexibility index (Phi) is 3.30. The lowest BCUT2D eigenvalue weighted by Gasteiger charge is -2.18. The molecule has 2 aromatic rings. The summed E-state index contributed by atoms with van der Waals surface area (Å²) in [6.45, 7) is -1.58. The van der Waals surface area contributed by atoms with Gasteiger partial charge in [0.15, 0.2) is 0 Å². The van der Waals surface area contributed by atoms with Crippen LogP contribution in [0.4, 0.5) is 22.0 Å². The Morgan fingerprint density at radius 2 is 1.68 bits per heavy atom. The quantitative estimate of drug-likeness (QED) is 0.785. The number of hydrogen-bond donors (Lipinski definition) is 0. The van der Waals surface area contributed by atoms with Gasteiger partial charge in [0, 0.05) is 11.6 Å². The summed E-state index contributed by atoms with van der Waals surface area (Å²) < 4.78 is 65.2. The molecule has 0 bridgehead atoms. The van der Waals surface area contributed by atoms with E-state index < -0.39 is 29.9 Å². The average Bonchev–Trinajstić information content (AvgIpc) is 2.76. The minimum absolute atomic E-state index is 0.215. The molecule has 1 aromatic heterocycles. The zero-order chi connectivity index (χ0) is 14.1. The molecule has 0 unspecified atom stereocenters. The van der Waals surface area contributed by atoms with Gasteiger partial charge in [-0.3, -0.25) is 4.68 Å². The average molecular weight is 275 g/mol. The largest absolute Gasteiger partial charge is 0.408 e. The van der Waals surface area contributed by atoms with Gasteiger partial charge in [-0.1, -0.05) is 30.3 Å². The maximum absolute atomic E-state index is 14.1. The van der Waals surface area contributed by atoms with Crippen molar-refractivity contribution >= 4 is 0 Å². The zero-order valence-electron chi connectivity index (χ0n) is 9.46. The molecule has 0 saturated heterocycles. The molecule has 0 atom stereocenters. The molecule has 0 N–H and O–H groups in total. The number of hydrogen-bond acceptors (Lipinski definition) is 1. The van der Waals surface area contributed by atoms with Gasteiger partial charge < -0.3 is 0 Å². The van der Waals surface area contributed by atoms with Crippen molar-refractivity contribution in [1.82, 2.24) is 9.78 Å². The molecule has 0 aliphatic carbocycles. The fourth-order valence-corrected chi connectivity index (χ4v) is 1.62. The van der Waals surface area contributed by atoms with E-state index in [1.54, 1.807) is 0 Å². The SMILES string of the molecule is FC(F)(F)Cn1nc[c]c1C(F)(F)c1ccccc1. The molecule has 1 heterocycles. The molecule has 2 rings (SSSR count). The first-order chi connectivity index (χ1) is 8.81. The van der Waals surface area contributed by atoms with E-state index >= 15 is 0 Å². The summed E-state index contributed by atoms with van der Waals surface area (Å²) >= 11 is 0. The van der Waals surface area contributed by atoms with E-state index in [4.69, 9.17) is 0 Å². The van der Waals surface area contributed by atoms with Gasteiger partial charge >= 0.3 is 12.1 Å². The highest BCUT2D eigenvalue weighted by atomic mass is 19.4. The van der Waals surface area contributed by atoms with Crippen LogP contribution < -0.4 is 0 Å². The van der Waals surface area contributed by atoms with Crippen LogP contribution >= 0.6 is 0 Å². The minimum Gasteiger partial charge on any atom is -0.253 e. The highest BCUT2D eigenvalue weighted by Gasteiger charge is 2.40. The van der Waals surface area contributed by atoms with Crippen molar-refractivity contribution in [3.63, 3.8) is 0 Å². The second-order valence-corrected chi connectivity index (χ2v) is 3.85. The van der Waals surface area contributed by atoms with Gasteiger partial charge in [-0.25, -0.2) is 0 Å². The second kappa shape index (κ2) is 4.64. The predicted octanol–water partition coefficient (Wildman–Crippen LogP) is 3.39. The van der Waals surface area contributed by atoms with Crippen LogP contribution in [0.5, 0.6) is 0 Å². The first-order valence-corrected chi connectivity index (χ1v) is 5.25. The van der Waals surface area contributed by atoms with Gasteiger partial charge in [-0.15, -0.1) is 0 Å². The summed E-state index contributed by atoms with van der Waals surface area (Å²) in [5, 5.41) is 3.25. The van der Waals surface area contributed by atoms with Crippen LogP contribution in [-0.2, 0) is 12.5 Å². The highest BCUT2D eigenvalue weighted by Crippen LogP contribution is 2.35. The molecular weight excluding hydrogens is 267 g/mol. The van der Waals surface area contributed by atoms with Crippen LogP contribution in [-0.4, -0.2) is 16.0 Å². The summed E-state index contributed by atoms with van der Waals surface area (Å²) in [4.78, 5) is 0. The predicted molar refractivity (Wildman–Crippen MR) is 56.6 cm³/mol. The van der Waals surface area contributed by atoms with E-state index in [1.807, 2.05) is 0 Å². The molecule has 19 heavy (non-hydrogen) atoms. The van der Waals surface area contributed by atoms with Crippen LogP contribution in [0.15, 0.2) is 36.5 Å². The van der Waals surface area contributed by atoms with Gasteiger partial charge in [-0.05, 0) is 0 Å². The van der Waals surface area contributed by atoms with E-state index in [0.29, 0.717) is 0 Å². The molecule has 2 nitrogen and oxygen atoms in total. The van der Waals surface area contributed by atoms with E-state index in [2.05, 4.69) is 11.2 Å². The van der Waals surface area contributed by atoms with Gasteiger partial charge in [0.05, 0.1) is 6.20 Å². The molecule has 0 spiro atoms. The monoisotopic (exact) mass is 275 g/mol. The lowest BCUT2D eigenvalue weighted by Crippen LogP contribution is -2.26. The lowest BCUT2D eigenvalue weighted by molar-refractivity contribution is -0.144. The van der Waals surface area contributed by atoms with Crippen molar-refractivity contribution in [3.8, 4) is 0 Å². The molecule has 101 valence electrons. The number of halogens is 5. The summed E-state index contributed by atoms with van der Waals surface area (Å²) in [7, 11) is 0. The smallest absolute Gasteiger partial charge is 0.253 e. The van der Waals surface area contributed by atoms with E-state index in [0.717, 1.165) is 18.3 Å². The Balaban J connectivity index is 2.39. The maximum atomic E-state index is 14.1. The molecule has 1 aromatic carbocycles. The number of rotatable bonds is 3. The first kappa shape index (κ1) is 13.5. The molecule has 0 amide bonds. The number of alkyl halides is 5. The summed E-state index contributed by atoms with van der Waals surface area (Å²) in [6.07, 6.45) is -3.82. The Labute approximate surface area is 105 Å². The molecule has 7 heteroatoms. The van der Waals surface area contributed by atoms with Gasteiger partial charge in [-0.2, -0.15) is 27.1 Å². The number of aromatic nitrogens is 2. The van der Waals surface area contributed by atoms with Crippen LogP contribution in [0.1, 0.15) is 11.3 Å². The van der Waals surface area contributed by atoms with E-state index in [9.17, 15) is 22.0 Å². The zero-order valence-corrected chi connectivity index (χ0v) is 9.46.